The van der Waals surface area contributed by atoms with Crippen LogP contribution in [0.25, 0.3) is 11.3 Å². The molecule has 0 saturated heterocycles. The molecule has 3 aromatic rings. The molecule has 7 heteroatoms. The van der Waals surface area contributed by atoms with E-state index in [0.29, 0.717) is 41.4 Å². The first-order valence-electron chi connectivity index (χ1n) is 8.56. The van der Waals surface area contributed by atoms with Gasteiger partial charge in [0.2, 0.25) is 5.91 Å². The number of amides is 2. The molecule has 0 radical (unpaired) electrons. The van der Waals surface area contributed by atoms with E-state index in [4.69, 9.17) is 11.6 Å². The van der Waals surface area contributed by atoms with Crippen LogP contribution in [0.1, 0.15) is 23.2 Å². The Morgan fingerprint density at radius 3 is 2.52 bits per heavy atom. The maximum atomic E-state index is 12.4. The van der Waals surface area contributed by atoms with E-state index >= 15 is 0 Å². The summed E-state index contributed by atoms with van der Waals surface area (Å²) >= 11 is 5.81. The van der Waals surface area contributed by atoms with Crippen LogP contribution in [0.2, 0.25) is 5.02 Å². The second-order valence-corrected chi connectivity index (χ2v) is 6.38. The summed E-state index contributed by atoms with van der Waals surface area (Å²) in [4.78, 5) is 24.3. The number of hydrogen-bond acceptors (Lipinski definition) is 3. The summed E-state index contributed by atoms with van der Waals surface area (Å²) in [6.07, 6.45) is 2.34. The summed E-state index contributed by atoms with van der Waals surface area (Å²) in [6.45, 7) is 0.395. The van der Waals surface area contributed by atoms with Crippen molar-refractivity contribution in [2.24, 2.45) is 0 Å². The molecule has 1 heterocycles. The van der Waals surface area contributed by atoms with Gasteiger partial charge < -0.3 is 10.6 Å². The van der Waals surface area contributed by atoms with Crippen molar-refractivity contribution in [3.05, 3.63) is 71.4 Å². The fraction of sp³-hybridized carbons (Fsp3) is 0.150. The first-order chi connectivity index (χ1) is 13.1. The number of hydrogen-bond donors (Lipinski definition) is 3. The van der Waals surface area contributed by atoms with Crippen molar-refractivity contribution >= 4 is 29.1 Å². The van der Waals surface area contributed by atoms with E-state index < -0.39 is 0 Å². The van der Waals surface area contributed by atoms with Crippen molar-refractivity contribution in [3.8, 4) is 11.3 Å². The molecule has 0 aliphatic rings. The summed E-state index contributed by atoms with van der Waals surface area (Å²) in [7, 11) is 0. The number of rotatable bonds is 7. The molecule has 3 rings (SSSR count). The minimum atomic E-state index is -0.222. The number of aromatic amines is 1. The van der Waals surface area contributed by atoms with Gasteiger partial charge in [0.05, 0.1) is 17.5 Å². The lowest BCUT2D eigenvalue weighted by molar-refractivity contribution is -0.116. The molecule has 0 aliphatic heterocycles. The van der Waals surface area contributed by atoms with Gasteiger partial charge in [-0.1, -0.05) is 41.9 Å². The first kappa shape index (κ1) is 18.7. The molecule has 1 aromatic heterocycles. The van der Waals surface area contributed by atoms with Crippen LogP contribution in [0.5, 0.6) is 0 Å². The number of nitrogens with zero attached hydrogens (tertiary/aromatic N) is 1. The number of benzene rings is 2. The Morgan fingerprint density at radius 2 is 1.78 bits per heavy atom. The SMILES string of the molecule is O=C(CCCNC(=O)c1cn[nH]c1-c1ccccc1)Nc1ccc(Cl)cc1. The molecule has 6 nitrogen and oxygen atoms in total. The summed E-state index contributed by atoms with van der Waals surface area (Å²) in [5.41, 5.74) is 2.74. The second-order valence-electron chi connectivity index (χ2n) is 5.94. The third-order valence-electron chi connectivity index (χ3n) is 3.94. The highest BCUT2D eigenvalue weighted by Crippen LogP contribution is 2.20. The highest BCUT2D eigenvalue weighted by atomic mass is 35.5. The molecule has 0 aliphatic carbocycles. The molecule has 0 fully saturated rings. The van der Waals surface area contributed by atoms with Crippen molar-refractivity contribution in [2.75, 3.05) is 11.9 Å². The number of H-pyrrole nitrogens is 1. The summed E-state index contributed by atoms with van der Waals surface area (Å²) < 4.78 is 0. The van der Waals surface area contributed by atoms with E-state index in [1.165, 1.54) is 6.20 Å². The smallest absolute Gasteiger partial charge is 0.255 e. The van der Waals surface area contributed by atoms with E-state index in [2.05, 4.69) is 20.8 Å². The maximum Gasteiger partial charge on any atom is 0.255 e. The van der Waals surface area contributed by atoms with Gasteiger partial charge in [-0.2, -0.15) is 5.10 Å². The van der Waals surface area contributed by atoms with Gasteiger partial charge >= 0.3 is 0 Å². The number of carbonyl (C=O) groups is 2. The fourth-order valence-electron chi connectivity index (χ4n) is 2.59. The highest BCUT2D eigenvalue weighted by molar-refractivity contribution is 6.30. The number of anilines is 1. The van der Waals surface area contributed by atoms with Crippen LogP contribution < -0.4 is 10.6 Å². The van der Waals surface area contributed by atoms with Gasteiger partial charge in [0.25, 0.3) is 5.91 Å². The molecule has 3 N–H and O–H groups in total. The van der Waals surface area contributed by atoms with Gasteiger partial charge in [0.15, 0.2) is 0 Å². The molecule has 0 bridgehead atoms. The van der Waals surface area contributed by atoms with Gasteiger partial charge in [0.1, 0.15) is 0 Å². The average molecular weight is 383 g/mol. The van der Waals surface area contributed by atoms with Crippen molar-refractivity contribution in [2.45, 2.75) is 12.8 Å². The fourth-order valence-corrected chi connectivity index (χ4v) is 2.71. The maximum absolute atomic E-state index is 12.4. The molecule has 2 aromatic carbocycles. The van der Waals surface area contributed by atoms with Crippen molar-refractivity contribution in [1.29, 1.82) is 0 Å². The summed E-state index contributed by atoms with van der Waals surface area (Å²) in [6, 6.07) is 16.4. The minimum absolute atomic E-state index is 0.111. The molecule has 138 valence electrons. The lowest BCUT2D eigenvalue weighted by atomic mass is 10.1. The minimum Gasteiger partial charge on any atom is -0.352 e. The Hall–Kier alpha value is -3.12. The van der Waals surface area contributed by atoms with Crippen LogP contribution in [0.15, 0.2) is 60.8 Å². The van der Waals surface area contributed by atoms with Crippen LogP contribution in [0, 0.1) is 0 Å². The van der Waals surface area contributed by atoms with Crippen LogP contribution in [0.4, 0.5) is 5.69 Å². The van der Waals surface area contributed by atoms with Crippen LogP contribution >= 0.6 is 11.6 Å². The van der Waals surface area contributed by atoms with Gasteiger partial charge in [-0.15, -0.1) is 0 Å². The zero-order valence-electron chi connectivity index (χ0n) is 14.5. The molecule has 0 saturated carbocycles. The Labute approximate surface area is 161 Å². The van der Waals surface area contributed by atoms with Gasteiger partial charge in [-0.05, 0) is 30.7 Å². The van der Waals surface area contributed by atoms with Gasteiger partial charge in [-0.3, -0.25) is 14.7 Å². The first-order valence-corrected chi connectivity index (χ1v) is 8.93. The largest absolute Gasteiger partial charge is 0.352 e. The second kappa shape index (κ2) is 9.00. The quantitative estimate of drug-likeness (QED) is 0.542. The van der Waals surface area contributed by atoms with Gasteiger partial charge in [-0.25, -0.2) is 0 Å². The number of carbonyl (C=O) groups excluding carboxylic acids is 2. The monoisotopic (exact) mass is 382 g/mol. The normalized spacial score (nSPS) is 10.4. The molecule has 27 heavy (non-hydrogen) atoms. The van der Waals surface area contributed by atoms with E-state index in [9.17, 15) is 9.59 Å². The molecule has 2 amide bonds. The Balaban J connectivity index is 1.46. The van der Waals surface area contributed by atoms with Crippen molar-refractivity contribution in [1.82, 2.24) is 15.5 Å². The van der Waals surface area contributed by atoms with Crippen LogP contribution in [-0.2, 0) is 4.79 Å². The molecular formula is C20H19ClN4O2. The lowest BCUT2D eigenvalue weighted by Crippen LogP contribution is -2.25. The van der Waals surface area contributed by atoms with E-state index in [1.54, 1.807) is 24.3 Å². The Morgan fingerprint density at radius 1 is 1.04 bits per heavy atom. The predicted octanol–water partition coefficient (Wildman–Crippen LogP) is 3.88. The number of nitrogens with one attached hydrogen (secondary N) is 3. The standard InChI is InChI=1S/C20H19ClN4O2/c21-15-8-10-16(11-9-15)24-18(26)7-4-12-22-20(27)17-13-23-25-19(17)14-5-2-1-3-6-14/h1-3,5-6,8-11,13H,4,7,12H2,(H,22,27)(H,23,25)(H,24,26). The lowest BCUT2D eigenvalue weighted by Gasteiger charge is -2.07. The zero-order valence-corrected chi connectivity index (χ0v) is 15.3. The summed E-state index contributed by atoms with van der Waals surface area (Å²) in [5, 5.41) is 13.1. The predicted molar refractivity (Wildman–Crippen MR) is 106 cm³/mol. The van der Waals surface area contributed by atoms with Gasteiger partial charge in [0, 0.05) is 29.2 Å². The molecule has 0 atom stereocenters. The average Bonchev–Trinajstić information content (AvgIpc) is 3.17. The molecular weight excluding hydrogens is 364 g/mol. The van der Waals surface area contributed by atoms with E-state index in [1.807, 2.05) is 30.3 Å². The number of aromatic nitrogens is 2. The Kier molecular flexibility index (Phi) is 6.22. The molecule has 0 spiro atoms. The zero-order chi connectivity index (χ0) is 19.1. The van der Waals surface area contributed by atoms with E-state index in [-0.39, 0.29) is 11.8 Å². The highest BCUT2D eigenvalue weighted by Gasteiger charge is 2.14. The molecule has 0 unspecified atom stereocenters. The summed E-state index contributed by atoms with van der Waals surface area (Å²) in [5.74, 6) is -0.333. The van der Waals surface area contributed by atoms with E-state index in [0.717, 1.165) is 5.56 Å². The number of halogens is 1. The third kappa shape index (κ3) is 5.18. The van der Waals surface area contributed by atoms with Crippen molar-refractivity contribution in [3.63, 3.8) is 0 Å². The van der Waals surface area contributed by atoms with Crippen molar-refractivity contribution < 1.29 is 9.59 Å². The van der Waals surface area contributed by atoms with Crippen LogP contribution in [0.3, 0.4) is 0 Å². The topological polar surface area (TPSA) is 86.9 Å². The third-order valence-corrected chi connectivity index (χ3v) is 4.19. The Bertz CT molecular complexity index is 907. The van der Waals surface area contributed by atoms with Crippen LogP contribution in [-0.4, -0.2) is 28.6 Å².